The van der Waals surface area contributed by atoms with Crippen molar-refractivity contribution in [1.82, 2.24) is 14.9 Å². The van der Waals surface area contributed by atoms with E-state index in [0.717, 1.165) is 29.0 Å². The Morgan fingerprint density at radius 3 is 2.77 bits per heavy atom. The number of ether oxygens (including phenoxy) is 1. The Morgan fingerprint density at radius 2 is 2.08 bits per heavy atom. The number of nitrogens with zero attached hydrogens (tertiary/aromatic N) is 2. The van der Waals surface area contributed by atoms with E-state index < -0.39 is 0 Å². The van der Waals surface area contributed by atoms with E-state index in [1.54, 1.807) is 12.5 Å². The largest absolute Gasteiger partial charge is 0.491 e. The molecule has 2 aromatic carbocycles. The number of imidazole rings is 1. The van der Waals surface area contributed by atoms with Gasteiger partial charge in [0.25, 0.3) is 0 Å². The predicted molar refractivity (Wildman–Crippen MR) is 102 cm³/mol. The summed E-state index contributed by atoms with van der Waals surface area (Å²) in [7, 11) is 0. The van der Waals surface area contributed by atoms with Crippen LogP contribution in [0.25, 0.3) is 5.69 Å². The minimum Gasteiger partial charge on any atom is -0.491 e. The molecule has 0 aliphatic heterocycles. The number of halogens is 1. The molecule has 6 heteroatoms. The molecule has 3 aromatic rings. The van der Waals surface area contributed by atoms with Crippen LogP contribution in [0.4, 0.5) is 0 Å². The molecule has 0 aliphatic carbocycles. The van der Waals surface area contributed by atoms with Crippen LogP contribution < -0.4 is 10.1 Å². The van der Waals surface area contributed by atoms with Gasteiger partial charge in [-0.2, -0.15) is 0 Å². The molecule has 0 atom stereocenters. The van der Waals surface area contributed by atoms with Crippen molar-refractivity contribution in [2.24, 2.45) is 0 Å². The minimum absolute atomic E-state index is 0.408. The van der Waals surface area contributed by atoms with Crippen molar-refractivity contribution in [3.8, 4) is 11.4 Å². The van der Waals surface area contributed by atoms with E-state index in [1.807, 2.05) is 23.8 Å². The lowest BCUT2D eigenvalue weighted by atomic mass is 10.0. The summed E-state index contributed by atoms with van der Waals surface area (Å²) >= 11 is 6.44. The van der Waals surface area contributed by atoms with E-state index in [-0.39, 0.29) is 0 Å². The van der Waals surface area contributed by atoms with Crippen LogP contribution in [0.1, 0.15) is 16.7 Å². The highest BCUT2D eigenvalue weighted by Gasteiger charge is 2.08. The van der Waals surface area contributed by atoms with Gasteiger partial charge in [-0.1, -0.05) is 29.8 Å². The summed E-state index contributed by atoms with van der Waals surface area (Å²) in [6.07, 6.45) is 6.85. The summed E-state index contributed by atoms with van der Waals surface area (Å²) in [5.74, 6) is 0.738. The molecule has 0 saturated carbocycles. The third kappa shape index (κ3) is 4.43. The lowest BCUT2D eigenvalue weighted by molar-refractivity contribution is -0.109. The fourth-order valence-electron chi connectivity index (χ4n) is 2.71. The minimum atomic E-state index is 0.408. The van der Waals surface area contributed by atoms with Crippen LogP contribution in [0.15, 0.2) is 55.1 Å². The summed E-state index contributed by atoms with van der Waals surface area (Å²) in [4.78, 5) is 14.3. The first-order valence-corrected chi connectivity index (χ1v) is 8.71. The Kier molecular flexibility index (Phi) is 5.92. The molecular formula is C20H20ClN3O2. The second kappa shape index (κ2) is 8.54. The number of amides is 1. The molecule has 0 saturated heterocycles. The lowest BCUT2D eigenvalue weighted by Crippen LogP contribution is -2.19. The van der Waals surface area contributed by atoms with Crippen molar-refractivity contribution < 1.29 is 9.53 Å². The van der Waals surface area contributed by atoms with Crippen LogP contribution >= 0.6 is 11.6 Å². The fraction of sp³-hybridized carbons (Fsp3) is 0.200. The van der Waals surface area contributed by atoms with E-state index in [2.05, 4.69) is 40.6 Å². The second-order valence-electron chi connectivity index (χ2n) is 5.94. The van der Waals surface area contributed by atoms with Crippen LogP contribution in [-0.2, 0) is 11.2 Å². The van der Waals surface area contributed by atoms with Gasteiger partial charge in [0.1, 0.15) is 12.4 Å². The number of nitrogens with one attached hydrogen (secondary N) is 1. The lowest BCUT2D eigenvalue weighted by Gasteiger charge is -2.13. The molecule has 1 amide bonds. The summed E-state index contributed by atoms with van der Waals surface area (Å²) in [5, 5.41) is 3.24. The highest BCUT2D eigenvalue weighted by atomic mass is 35.5. The molecular weight excluding hydrogens is 350 g/mol. The van der Waals surface area contributed by atoms with Gasteiger partial charge in [0.05, 0.1) is 12.9 Å². The van der Waals surface area contributed by atoms with Crippen LogP contribution in [-0.4, -0.2) is 29.1 Å². The van der Waals surface area contributed by atoms with Crippen molar-refractivity contribution in [2.75, 3.05) is 13.2 Å². The van der Waals surface area contributed by atoms with Gasteiger partial charge in [0.2, 0.25) is 6.41 Å². The highest BCUT2D eigenvalue weighted by molar-refractivity contribution is 6.31. The van der Waals surface area contributed by atoms with Crippen molar-refractivity contribution in [2.45, 2.75) is 13.3 Å². The smallest absolute Gasteiger partial charge is 0.207 e. The van der Waals surface area contributed by atoms with Gasteiger partial charge in [0, 0.05) is 23.1 Å². The van der Waals surface area contributed by atoms with Crippen LogP contribution in [0.2, 0.25) is 5.02 Å². The number of benzene rings is 2. The molecule has 0 radical (unpaired) electrons. The molecule has 0 aliphatic rings. The van der Waals surface area contributed by atoms with Gasteiger partial charge in [-0.3, -0.25) is 4.79 Å². The molecule has 0 spiro atoms. The molecule has 1 aromatic heterocycles. The Balaban J connectivity index is 1.69. The molecule has 3 rings (SSSR count). The second-order valence-corrected chi connectivity index (χ2v) is 6.35. The molecule has 26 heavy (non-hydrogen) atoms. The quantitative estimate of drug-likeness (QED) is 0.488. The van der Waals surface area contributed by atoms with E-state index >= 15 is 0 Å². The topological polar surface area (TPSA) is 56.1 Å². The first-order chi connectivity index (χ1) is 12.7. The van der Waals surface area contributed by atoms with Crippen molar-refractivity contribution in [3.63, 3.8) is 0 Å². The van der Waals surface area contributed by atoms with E-state index in [4.69, 9.17) is 16.3 Å². The monoisotopic (exact) mass is 369 g/mol. The number of hydrogen-bond acceptors (Lipinski definition) is 3. The summed E-state index contributed by atoms with van der Waals surface area (Å²) in [6, 6.07) is 12.2. The number of carbonyl (C=O) groups excluding carboxylic acids is 1. The summed E-state index contributed by atoms with van der Waals surface area (Å²) in [5.41, 5.74) is 4.32. The molecule has 5 nitrogen and oxygen atoms in total. The Hall–Kier alpha value is -2.79. The Morgan fingerprint density at radius 1 is 1.27 bits per heavy atom. The molecule has 1 heterocycles. The number of carbonyl (C=O) groups is 1. The van der Waals surface area contributed by atoms with Gasteiger partial charge in [0.15, 0.2) is 0 Å². The first kappa shape index (κ1) is 18.0. The maximum absolute atomic E-state index is 10.3. The number of rotatable bonds is 8. The first-order valence-electron chi connectivity index (χ1n) is 8.33. The van der Waals surface area contributed by atoms with Crippen molar-refractivity contribution in [1.29, 1.82) is 0 Å². The maximum Gasteiger partial charge on any atom is 0.207 e. The van der Waals surface area contributed by atoms with Gasteiger partial charge < -0.3 is 14.6 Å². The van der Waals surface area contributed by atoms with Gasteiger partial charge in [-0.05, 0) is 48.2 Å². The molecule has 0 bridgehead atoms. The Bertz CT molecular complexity index is 862. The Labute approximate surface area is 157 Å². The third-order valence-electron chi connectivity index (χ3n) is 4.06. The zero-order chi connectivity index (χ0) is 18.4. The van der Waals surface area contributed by atoms with Gasteiger partial charge in [-0.15, -0.1) is 0 Å². The molecule has 134 valence electrons. The SMILES string of the molecule is Cc1cc(Cc2ccc(-n3ccnc3)cc2)c(Cl)cc1OCCNC=O. The zero-order valence-corrected chi connectivity index (χ0v) is 15.2. The number of aryl methyl sites for hydroxylation is 1. The average molecular weight is 370 g/mol. The number of hydrogen-bond donors (Lipinski definition) is 1. The zero-order valence-electron chi connectivity index (χ0n) is 14.5. The van der Waals surface area contributed by atoms with Crippen molar-refractivity contribution in [3.05, 3.63) is 76.8 Å². The van der Waals surface area contributed by atoms with E-state index in [0.29, 0.717) is 24.6 Å². The summed E-state index contributed by atoms with van der Waals surface area (Å²) in [6.45, 7) is 2.86. The molecule has 0 fully saturated rings. The van der Waals surface area contributed by atoms with Crippen molar-refractivity contribution >= 4 is 18.0 Å². The van der Waals surface area contributed by atoms with E-state index in [9.17, 15) is 4.79 Å². The normalized spacial score (nSPS) is 10.5. The highest BCUT2D eigenvalue weighted by Crippen LogP contribution is 2.28. The van der Waals surface area contributed by atoms with Crippen LogP contribution in [0, 0.1) is 6.92 Å². The standard InChI is InChI=1S/C20H20ClN3O2/c1-15-10-17(19(21)12-20(15)26-9-7-23-14-25)11-16-2-4-18(5-3-16)24-8-6-22-13-24/h2-6,8,10,12-14H,7,9,11H2,1H3,(H,23,25). The molecule has 1 N–H and O–H groups in total. The van der Waals surface area contributed by atoms with Crippen LogP contribution in [0.5, 0.6) is 5.75 Å². The fourth-order valence-corrected chi connectivity index (χ4v) is 2.93. The average Bonchev–Trinajstić information content (AvgIpc) is 3.18. The van der Waals surface area contributed by atoms with Crippen LogP contribution in [0.3, 0.4) is 0 Å². The van der Waals surface area contributed by atoms with Gasteiger partial charge in [-0.25, -0.2) is 4.98 Å². The maximum atomic E-state index is 10.3. The third-order valence-corrected chi connectivity index (χ3v) is 4.42. The van der Waals surface area contributed by atoms with Gasteiger partial charge >= 0.3 is 0 Å². The predicted octanol–water partition coefficient (Wildman–Crippen LogP) is 3.55. The summed E-state index contributed by atoms with van der Waals surface area (Å²) < 4.78 is 7.63. The number of aromatic nitrogens is 2. The van der Waals surface area contributed by atoms with E-state index in [1.165, 1.54) is 5.56 Å². The molecule has 0 unspecified atom stereocenters.